The number of likely N-dealkylation sites (tertiary alicyclic amines) is 1. The predicted octanol–water partition coefficient (Wildman–Crippen LogP) is 2.54. The molecule has 0 unspecified atom stereocenters. The summed E-state index contributed by atoms with van der Waals surface area (Å²) in [5.41, 5.74) is 1.10. The molecule has 1 aromatic heterocycles. The van der Waals surface area contributed by atoms with Gasteiger partial charge in [0.2, 0.25) is 6.41 Å². The first-order chi connectivity index (χ1) is 17.0. The van der Waals surface area contributed by atoms with Gasteiger partial charge < -0.3 is 28.7 Å². The van der Waals surface area contributed by atoms with Crippen molar-refractivity contribution in [3.8, 4) is 0 Å². The summed E-state index contributed by atoms with van der Waals surface area (Å²) in [5, 5.41) is 2.69. The summed E-state index contributed by atoms with van der Waals surface area (Å²) in [4.78, 5) is 42.5. The fourth-order valence-corrected chi connectivity index (χ4v) is 4.25. The van der Waals surface area contributed by atoms with Crippen LogP contribution in [-0.4, -0.2) is 93.1 Å². The normalized spacial score (nSPS) is 16.3. The molecule has 35 heavy (non-hydrogen) atoms. The first kappa shape index (κ1) is 26.7. The number of carbonyl (C=O) groups is 3. The number of aryl methyl sites for hydroxylation is 1. The number of anilines is 1. The van der Waals surface area contributed by atoms with Crippen molar-refractivity contribution in [2.24, 2.45) is 0 Å². The van der Waals surface area contributed by atoms with E-state index in [1.165, 1.54) is 0 Å². The molecule has 1 N–H and O–H groups in total. The molecule has 1 fully saturated rings. The molecule has 11 heteroatoms. The lowest BCUT2D eigenvalue weighted by molar-refractivity contribution is -0.117. The zero-order valence-corrected chi connectivity index (χ0v) is 20.6. The van der Waals surface area contributed by atoms with E-state index in [9.17, 15) is 14.4 Å². The highest BCUT2D eigenvalue weighted by Gasteiger charge is 2.46. The summed E-state index contributed by atoms with van der Waals surface area (Å²) in [6, 6.07) is 2.04. The molecule has 0 aromatic carbocycles. The van der Waals surface area contributed by atoms with Gasteiger partial charge in [0.05, 0.1) is 19.8 Å². The average Bonchev–Trinajstić information content (AvgIpc) is 2.85. The third-order valence-electron chi connectivity index (χ3n) is 6.15. The Kier molecular flexibility index (Phi) is 10.1. The highest BCUT2D eigenvalue weighted by atomic mass is 16.6. The summed E-state index contributed by atoms with van der Waals surface area (Å²) in [6.45, 7) is 5.91. The van der Waals surface area contributed by atoms with Gasteiger partial charge in [-0.1, -0.05) is 0 Å². The standard InChI is InChI=1S/C24H36N4O7/c1-3-34-23(31)28-10-7-24(8-11-28)20-16-19(17-25-21(20)26-22(30)35-24)6-4-12-32-14-15-33-13-5-9-27(2)18-29/h16-18H,3-15H2,1-2H3,(H,25,26,30). The number of hydrogen-bond acceptors (Lipinski definition) is 8. The third-order valence-corrected chi connectivity index (χ3v) is 6.15. The molecular weight excluding hydrogens is 456 g/mol. The van der Waals surface area contributed by atoms with Crippen LogP contribution in [0.1, 0.15) is 43.7 Å². The number of rotatable bonds is 13. The number of amides is 3. The number of piperidine rings is 1. The number of fused-ring (bicyclic) bond motifs is 2. The predicted molar refractivity (Wildman–Crippen MR) is 127 cm³/mol. The van der Waals surface area contributed by atoms with Gasteiger partial charge in [-0.2, -0.15) is 0 Å². The van der Waals surface area contributed by atoms with Gasteiger partial charge in [-0.15, -0.1) is 0 Å². The van der Waals surface area contributed by atoms with Crippen LogP contribution in [0.25, 0.3) is 0 Å². The average molecular weight is 493 g/mol. The van der Waals surface area contributed by atoms with Crippen molar-refractivity contribution in [2.45, 2.75) is 44.6 Å². The molecule has 0 atom stereocenters. The number of carbonyl (C=O) groups excluding carboxylic acids is 3. The maximum atomic E-state index is 12.2. The SMILES string of the molecule is CCOC(=O)N1CCC2(CC1)OC(=O)Nc1ncc(CCCOCCOCCCN(C)C=O)cc12. The molecule has 1 saturated heterocycles. The molecule has 0 aliphatic carbocycles. The lowest BCUT2D eigenvalue weighted by atomic mass is 9.83. The van der Waals surface area contributed by atoms with Crippen LogP contribution in [0, 0.1) is 0 Å². The van der Waals surface area contributed by atoms with Gasteiger partial charge in [0, 0.05) is 64.5 Å². The van der Waals surface area contributed by atoms with E-state index in [2.05, 4.69) is 10.3 Å². The van der Waals surface area contributed by atoms with Crippen molar-refractivity contribution >= 4 is 24.4 Å². The molecule has 1 spiro atoms. The molecule has 3 rings (SSSR count). The van der Waals surface area contributed by atoms with Crippen molar-refractivity contribution in [1.82, 2.24) is 14.8 Å². The summed E-state index contributed by atoms with van der Waals surface area (Å²) in [5.74, 6) is 0.516. The van der Waals surface area contributed by atoms with Crippen molar-refractivity contribution in [3.63, 3.8) is 0 Å². The van der Waals surface area contributed by atoms with Crippen LogP contribution in [0.2, 0.25) is 0 Å². The van der Waals surface area contributed by atoms with Crippen molar-refractivity contribution in [3.05, 3.63) is 23.4 Å². The topological polar surface area (TPSA) is 120 Å². The minimum absolute atomic E-state index is 0.326. The van der Waals surface area contributed by atoms with Crippen molar-refractivity contribution in [2.75, 3.05) is 65.0 Å². The Morgan fingerprint density at radius 1 is 1.23 bits per heavy atom. The monoisotopic (exact) mass is 492 g/mol. The molecule has 11 nitrogen and oxygen atoms in total. The van der Waals surface area contributed by atoms with Gasteiger partial charge in [0.25, 0.3) is 0 Å². The van der Waals surface area contributed by atoms with E-state index >= 15 is 0 Å². The number of hydrogen-bond donors (Lipinski definition) is 1. The Morgan fingerprint density at radius 3 is 2.63 bits per heavy atom. The van der Waals surface area contributed by atoms with Crippen LogP contribution in [0.15, 0.2) is 12.3 Å². The second-order valence-corrected chi connectivity index (χ2v) is 8.70. The number of nitrogens with one attached hydrogen (secondary N) is 1. The minimum atomic E-state index is -0.794. The van der Waals surface area contributed by atoms with Gasteiger partial charge in [-0.05, 0) is 37.8 Å². The highest BCUT2D eigenvalue weighted by molar-refractivity contribution is 5.87. The summed E-state index contributed by atoms with van der Waals surface area (Å²) < 4.78 is 22.0. The Labute approximate surface area is 206 Å². The van der Waals surface area contributed by atoms with E-state index in [0.29, 0.717) is 71.3 Å². The third kappa shape index (κ3) is 7.53. The van der Waals surface area contributed by atoms with Crippen LogP contribution < -0.4 is 5.32 Å². The summed E-state index contributed by atoms with van der Waals surface area (Å²) >= 11 is 0. The van der Waals surface area contributed by atoms with Crippen LogP contribution in [0.5, 0.6) is 0 Å². The maximum absolute atomic E-state index is 12.2. The Bertz CT molecular complexity index is 858. The Hall–Kier alpha value is -2.92. The minimum Gasteiger partial charge on any atom is -0.450 e. The van der Waals surface area contributed by atoms with E-state index in [1.807, 2.05) is 6.07 Å². The molecule has 194 valence electrons. The first-order valence-corrected chi connectivity index (χ1v) is 12.2. The Morgan fingerprint density at radius 2 is 1.94 bits per heavy atom. The van der Waals surface area contributed by atoms with E-state index in [4.69, 9.17) is 18.9 Å². The van der Waals surface area contributed by atoms with Crippen LogP contribution in [-0.2, 0) is 35.8 Å². The van der Waals surface area contributed by atoms with Gasteiger partial charge in [0.1, 0.15) is 11.4 Å². The van der Waals surface area contributed by atoms with Gasteiger partial charge in [-0.3, -0.25) is 10.1 Å². The van der Waals surface area contributed by atoms with Gasteiger partial charge >= 0.3 is 12.2 Å². The zero-order valence-electron chi connectivity index (χ0n) is 20.6. The molecule has 2 aliphatic rings. The van der Waals surface area contributed by atoms with E-state index < -0.39 is 11.7 Å². The van der Waals surface area contributed by atoms with Crippen LogP contribution in [0.4, 0.5) is 15.4 Å². The fourth-order valence-electron chi connectivity index (χ4n) is 4.25. The largest absolute Gasteiger partial charge is 0.450 e. The summed E-state index contributed by atoms with van der Waals surface area (Å²) in [7, 11) is 1.74. The van der Waals surface area contributed by atoms with E-state index in [-0.39, 0.29) is 6.09 Å². The highest BCUT2D eigenvalue weighted by Crippen LogP contribution is 2.43. The molecule has 2 aliphatic heterocycles. The van der Waals surface area contributed by atoms with E-state index in [1.54, 1.807) is 30.0 Å². The second-order valence-electron chi connectivity index (χ2n) is 8.70. The molecular formula is C24H36N4O7. The lowest BCUT2D eigenvalue weighted by Crippen LogP contribution is -2.50. The summed E-state index contributed by atoms with van der Waals surface area (Å²) in [6.07, 6.45) is 5.09. The van der Waals surface area contributed by atoms with Crippen molar-refractivity contribution < 1.29 is 33.3 Å². The Balaban J connectivity index is 1.44. The van der Waals surface area contributed by atoms with Crippen LogP contribution in [0.3, 0.4) is 0 Å². The smallest absolute Gasteiger partial charge is 0.413 e. The number of aromatic nitrogens is 1. The second kappa shape index (κ2) is 13.2. The molecule has 0 saturated carbocycles. The van der Waals surface area contributed by atoms with Gasteiger partial charge in [0.15, 0.2) is 0 Å². The zero-order chi connectivity index (χ0) is 25.1. The number of ether oxygens (including phenoxy) is 4. The number of nitrogens with zero attached hydrogens (tertiary/aromatic N) is 3. The molecule has 3 heterocycles. The lowest BCUT2D eigenvalue weighted by Gasteiger charge is -2.43. The quantitative estimate of drug-likeness (QED) is 0.330. The van der Waals surface area contributed by atoms with E-state index in [0.717, 1.165) is 36.8 Å². The number of pyridine rings is 1. The van der Waals surface area contributed by atoms with Gasteiger partial charge in [-0.25, -0.2) is 14.6 Å². The van der Waals surface area contributed by atoms with Crippen LogP contribution >= 0.6 is 0 Å². The fraction of sp³-hybridized carbons (Fsp3) is 0.667. The first-order valence-electron chi connectivity index (χ1n) is 12.2. The maximum Gasteiger partial charge on any atom is 0.413 e. The molecule has 0 bridgehead atoms. The van der Waals surface area contributed by atoms with Crippen molar-refractivity contribution in [1.29, 1.82) is 0 Å². The molecule has 0 radical (unpaired) electrons. The molecule has 3 amide bonds. The molecule has 1 aromatic rings.